The number of hydroxylamine groups is 2. The van der Waals surface area contributed by atoms with Crippen molar-refractivity contribution in [3.05, 3.63) is 89.9 Å². The number of carbonyl (C=O) groups excluding carboxylic acids is 1. The Morgan fingerprint density at radius 3 is 2.37 bits per heavy atom. The average molecular weight is 497 g/mol. The topological polar surface area (TPSA) is 84.2 Å². The van der Waals surface area contributed by atoms with Gasteiger partial charge in [-0.3, -0.25) is 13.9 Å². The first-order chi connectivity index (χ1) is 16.7. The highest BCUT2D eigenvalue weighted by Crippen LogP contribution is 2.30. The molecule has 0 aliphatic carbocycles. The molecule has 0 fully saturated rings. The summed E-state index contributed by atoms with van der Waals surface area (Å²) in [5.41, 5.74) is 2.87. The molecule has 0 bridgehead atoms. The molecule has 0 atom stereocenters. The summed E-state index contributed by atoms with van der Waals surface area (Å²) in [5.74, 6) is -0.860. The molecule has 4 rings (SSSR count). The van der Waals surface area contributed by atoms with Gasteiger partial charge in [0.2, 0.25) is 10.0 Å². The minimum atomic E-state index is -3.51. The molecule has 182 valence electrons. The average Bonchev–Trinajstić information content (AvgIpc) is 3.21. The van der Waals surface area contributed by atoms with E-state index >= 15 is 0 Å². The Kier molecular flexibility index (Phi) is 6.86. The third kappa shape index (κ3) is 5.18. The van der Waals surface area contributed by atoms with Gasteiger partial charge in [-0.25, -0.2) is 22.4 Å². The number of pyridine rings is 1. The van der Waals surface area contributed by atoms with E-state index < -0.39 is 21.7 Å². The number of amides is 1. The van der Waals surface area contributed by atoms with Crippen LogP contribution in [0, 0.1) is 5.82 Å². The van der Waals surface area contributed by atoms with Crippen LogP contribution in [0.4, 0.5) is 10.1 Å². The van der Waals surface area contributed by atoms with E-state index in [9.17, 15) is 17.6 Å². The second kappa shape index (κ2) is 9.85. The van der Waals surface area contributed by atoms with Crippen LogP contribution in [0.2, 0.25) is 0 Å². The molecule has 2 aromatic carbocycles. The standard InChI is InChI=1S/C25H25FN4O4S/c1-4-30(35(3,32)33)21-14-15-22-23(25(31)28(2)34-17-18-8-6-5-7-9-18)24(27-29(22)16-21)19-10-12-20(26)13-11-19/h5-16H,4,17H2,1-3H3. The number of nitrogens with zero attached hydrogens (tertiary/aromatic N) is 4. The number of aromatic nitrogens is 2. The smallest absolute Gasteiger partial charge is 0.269 e. The third-order valence-corrected chi connectivity index (χ3v) is 6.74. The Hall–Kier alpha value is -3.76. The van der Waals surface area contributed by atoms with Crippen LogP contribution in [0.15, 0.2) is 72.9 Å². The summed E-state index contributed by atoms with van der Waals surface area (Å²) in [5, 5.41) is 5.70. The molecule has 0 saturated heterocycles. The van der Waals surface area contributed by atoms with Gasteiger partial charge < -0.3 is 0 Å². The quantitative estimate of drug-likeness (QED) is 0.343. The zero-order chi connectivity index (χ0) is 25.2. The van der Waals surface area contributed by atoms with Crippen LogP contribution in [0.5, 0.6) is 0 Å². The summed E-state index contributed by atoms with van der Waals surface area (Å²) in [6, 6.07) is 18.3. The number of hydrogen-bond acceptors (Lipinski definition) is 5. The van der Waals surface area contributed by atoms with Crippen molar-refractivity contribution in [3.8, 4) is 11.3 Å². The number of rotatable bonds is 8. The number of hydrogen-bond donors (Lipinski definition) is 0. The first-order valence-electron chi connectivity index (χ1n) is 10.9. The number of sulfonamides is 1. The van der Waals surface area contributed by atoms with Crippen molar-refractivity contribution >= 4 is 27.1 Å². The van der Waals surface area contributed by atoms with Crippen LogP contribution in [-0.4, -0.2) is 48.9 Å². The first kappa shape index (κ1) is 24.4. The normalized spacial score (nSPS) is 11.5. The molecule has 0 aliphatic rings. The lowest BCUT2D eigenvalue weighted by atomic mass is 10.1. The molecule has 2 aromatic heterocycles. The molecule has 0 aliphatic heterocycles. The van der Waals surface area contributed by atoms with Gasteiger partial charge in [0.05, 0.1) is 29.2 Å². The Morgan fingerprint density at radius 2 is 1.74 bits per heavy atom. The predicted molar refractivity (Wildman–Crippen MR) is 132 cm³/mol. The number of carbonyl (C=O) groups is 1. The van der Waals surface area contributed by atoms with Gasteiger partial charge in [0, 0.05) is 19.2 Å². The van der Waals surface area contributed by atoms with Crippen LogP contribution >= 0.6 is 0 Å². The zero-order valence-corrected chi connectivity index (χ0v) is 20.4. The molecule has 4 aromatic rings. The molecular weight excluding hydrogens is 471 g/mol. The maximum absolute atomic E-state index is 13.6. The summed E-state index contributed by atoms with van der Waals surface area (Å²) < 4.78 is 40.7. The summed E-state index contributed by atoms with van der Waals surface area (Å²) in [6.07, 6.45) is 2.68. The van der Waals surface area contributed by atoms with Crippen molar-refractivity contribution in [3.63, 3.8) is 0 Å². The van der Waals surface area contributed by atoms with E-state index in [2.05, 4.69) is 5.10 Å². The maximum Gasteiger partial charge on any atom is 0.281 e. The number of benzene rings is 2. The monoisotopic (exact) mass is 496 g/mol. The molecule has 0 spiro atoms. The largest absolute Gasteiger partial charge is 0.281 e. The summed E-state index contributed by atoms with van der Waals surface area (Å²) in [6.45, 7) is 2.16. The fraction of sp³-hybridized carbons (Fsp3) is 0.200. The molecule has 0 N–H and O–H groups in total. The minimum absolute atomic E-state index is 0.193. The molecule has 8 nitrogen and oxygen atoms in total. The highest BCUT2D eigenvalue weighted by atomic mass is 32.2. The van der Waals surface area contributed by atoms with E-state index in [1.807, 2.05) is 30.3 Å². The van der Waals surface area contributed by atoms with Crippen molar-refractivity contribution in [2.75, 3.05) is 24.2 Å². The highest BCUT2D eigenvalue weighted by molar-refractivity contribution is 7.92. The minimum Gasteiger partial charge on any atom is -0.269 e. The Bertz CT molecular complexity index is 1450. The van der Waals surface area contributed by atoms with Gasteiger partial charge in [0.1, 0.15) is 18.1 Å². The molecule has 10 heteroatoms. The van der Waals surface area contributed by atoms with Crippen LogP contribution in [-0.2, 0) is 21.5 Å². The number of anilines is 1. The van der Waals surface area contributed by atoms with Gasteiger partial charge in [-0.05, 0) is 48.9 Å². The van der Waals surface area contributed by atoms with E-state index in [0.717, 1.165) is 16.9 Å². The predicted octanol–water partition coefficient (Wildman–Crippen LogP) is 4.13. The molecule has 0 saturated carbocycles. The first-order valence-corrected chi connectivity index (χ1v) is 12.7. The zero-order valence-electron chi connectivity index (χ0n) is 19.6. The van der Waals surface area contributed by atoms with Gasteiger partial charge in [-0.15, -0.1) is 0 Å². The molecule has 1 amide bonds. The van der Waals surface area contributed by atoms with Crippen molar-refractivity contribution in [2.24, 2.45) is 0 Å². The maximum atomic E-state index is 13.6. The van der Waals surface area contributed by atoms with Crippen molar-refractivity contribution in [1.29, 1.82) is 0 Å². The third-order valence-electron chi connectivity index (χ3n) is 5.47. The second-order valence-electron chi connectivity index (χ2n) is 7.94. The van der Waals surface area contributed by atoms with E-state index in [-0.39, 0.29) is 18.7 Å². The van der Waals surface area contributed by atoms with Crippen LogP contribution < -0.4 is 4.31 Å². The molecule has 0 unspecified atom stereocenters. The van der Waals surface area contributed by atoms with E-state index in [4.69, 9.17) is 4.84 Å². The van der Waals surface area contributed by atoms with Crippen LogP contribution in [0.1, 0.15) is 22.8 Å². The molecule has 0 radical (unpaired) electrons. The van der Waals surface area contributed by atoms with Gasteiger partial charge in [-0.1, -0.05) is 30.3 Å². The lowest BCUT2D eigenvalue weighted by Crippen LogP contribution is -2.29. The van der Waals surface area contributed by atoms with Crippen LogP contribution in [0.3, 0.4) is 0 Å². The van der Waals surface area contributed by atoms with E-state index in [1.165, 1.54) is 40.1 Å². The van der Waals surface area contributed by atoms with Crippen molar-refractivity contribution in [1.82, 2.24) is 14.7 Å². The van der Waals surface area contributed by atoms with E-state index in [0.29, 0.717) is 22.5 Å². The summed E-state index contributed by atoms with van der Waals surface area (Å²) in [7, 11) is -1.99. The van der Waals surface area contributed by atoms with E-state index in [1.54, 1.807) is 25.3 Å². The van der Waals surface area contributed by atoms with Gasteiger partial charge in [-0.2, -0.15) is 5.10 Å². The Balaban J connectivity index is 1.77. The molecular formula is C25H25FN4O4S. The van der Waals surface area contributed by atoms with Gasteiger partial charge in [0.25, 0.3) is 5.91 Å². The fourth-order valence-corrected chi connectivity index (χ4v) is 4.74. The van der Waals surface area contributed by atoms with Gasteiger partial charge in [0.15, 0.2) is 0 Å². The summed E-state index contributed by atoms with van der Waals surface area (Å²) in [4.78, 5) is 19.2. The molecule has 35 heavy (non-hydrogen) atoms. The van der Waals surface area contributed by atoms with Crippen molar-refractivity contribution < 1.29 is 22.4 Å². The number of halogens is 1. The number of fused-ring (bicyclic) bond motifs is 1. The van der Waals surface area contributed by atoms with Crippen molar-refractivity contribution in [2.45, 2.75) is 13.5 Å². The van der Waals surface area contributed by atoms with Gasteiger partial charge >= 0.3 is 0 Å². The SMILES string of the molecule is CCN(c1ccc2c(C(=O)N(C)OCc3ccccc3)c(-c3ccc(F)cc3)nn2c1)S(C)(=O)=O. The Morgan fingerprint density at radius 1 is 1.06 bits per heavy atom. The second-order valence-corrected chi connectivity index (χ2v) is 9.84. The lowest BCUT2D eigenvalue weighted by molar-refractivity contribution is -0.116. The lowest BCUT2D eigenvalue weighted by Gasteiger charge is -2.20. The fourth-order valence-electron chi connectivity index (χ4n) is 3.78. The molecule has 2 heterocycles. The highest BCUT2D eigenvalue weighted by Gasteiger charge is 2.26. The summed E-state index contributed by atoms with van der Waals surface area (Å²) >= 11 is 0. The Labute approximate surface area is 203 Å². The van der Waals surface area contributed by atoms with Crippen LogP contribution in [0.25, 0.3) is 16.8 Å².